The van der Waals surface area contributed by atoms with Crippen molar-refractivity contribution in [2.45, 2.75) is 43.2 Å². The summed E-state index contributed by atoms with van der Waals surface area (Å²) in [5, 5.41) is 6.40. The number of carbonyl (C=O) groups excluding carboxylic acids is 1. The second kappa shape index (κ2) is 7.21. The van der Waals surface area contributed by atoms with Crippen molar-refractivity contribution in [1.82, 2.24) is 10.2 Å². The predicted octanol–water partition coefficient (Wildman–Crippen LogP) is 1.31. The van der Waals surface area contributed by atoms with E-state index in [-0.39, 0.29) is 37.9 Å². The summed E-state index contributed by atoms with van der Waals surface area (Å²) in [6.07, 6.45) is 1.45. The molecule has 2 saturated heterocycles. The van der Waals surface area contributed by atoms with E-state index in [2.05, 4.69) is 5.32 Å². The third-order valence-electron chi connectivity index (χ3n) is 5.93. The van der Waals surface area contributed by atoms with Crippen LogP contribution in [0.2, 0.25) is 0 Å². The van der Waals surface area contributed by atoms with Gasteiger partial charge in [-0.1, -0.05) is 24.3 Å². The molecule has 152 valence electrons. The fraction of sp³-hybridized carbons (Fsp3) is 0.706. The molecule has 6 nitrogen and oxygen atoms in total. The number of likely N-dealkylation sites (tertiary alicyclic amines) is 1. The van der Waals surface area contributed by atoms with E-state index >= 15 is 0 Å². The van der Waals surface area contributed by atoms with Crippen molar-refractivity contribution in [3.05, 3.63) is 24.3 Å². The van der Waals surface area contributed by atoms with Gasteiger partial charge in [0.25, 0.3) is 0 Å². The second-order valence-corrected chi connectivity index (χ2v) is 9.12. The number of nitrogens with zero attached hydrogens (tertiary/aromatic N) is 1. The maximum absolute atomic E-state index is 14.2. The molecule has 0 radical (unpaired) electrons. The first kappa shape index (κ1) is 20.3. The fourth-order valence-electron chi connectivity index (χ4n) is 4.56. The number of amides is 1. The van der Waals surface area contributed by atoms with Gasteiger partial charge in [0.05, 0.1) is 6.04 Å². The van der Waals surface area contributed by atoms with E-state index in [1.54, 1.807) is 4.90 Å². The Hall–Kier alpha value is -1.39. The molecule has 0 aromatic heterocycles. The zero-order chi connectivity index (χ0) is 19.9. The van der Waals surface area contributed by atoms with Crippen LogP contribution in [0.5, 0.6) is 0 Å². The van der Waals surface area contributed by atoms with E-state index in [1.807, 2.05) is 0 Å². The lowest BCUT2D eigenvalue weighted by Gasteiger charge is -2.47. The van der Waals surface area contributed by atoms with Crippen LogP contribution < -0.4 is 10.5 Å². The number of nitrogens with one attached hydrogen (secondary N) is 1. The van der Waals surface area contributed by atoms with Gasteiger partial charge in [-0.05, 0) is 38.1 Å². The van der Waals surface area contributed by atoms with Crippen LogP contribution in [-0.4, -0.2) is 56.3 Å². The van der Waals surface area contributed by atoms with Gasteiger partial charge in [-0.3, -0.25) is 4.79 Å². The highest BCUT2D eigenvalue weighted by molar-refractivity contribution is 7.90. The molecule has 3 rings (SSSR count). The summed E-state index contributed by atoms with van der Waals surface area (Å²) in [5.41, 5.74) is -2.57. The van der Waals surface area contributed by atoms with E-state index in [0.717, 1.165) is 31.5 Å². The number of halogens is 3. The molecule has 0 aromatic rings. The quantitative estimate of drug-likeness (QED) is 0.738. The summed E-state index contributed by atoms with van der Waals surface area (Å²) < 4.78 is 66.4. The first-order valence-corrected chi connectivity index (χ1v) is 10.6. The van der Waals surface area contributed by atoms with Gasteiger partial charge < -0.3 is 10.2 Å². The average Bonchev–Trinajstić information content (AvgIpc) is 3.14. The summed E-state index contributed by atoms with van der Waals surface area (Å²) in [6, 6.07) is -0.271. The SMILES string of the molecule is NS(=O)(=O)C1C=CC=CC1(C1CCN(C(=O)[C@@H]2CCCN2)CC1)C(F)(F)F. The average molecular weight is 407 g/mol. The number of hydrogen-bond acceptors (Lipinski definition) is 4. The minimum atomic E-state index is -4.78. The summed E-state index contributed by atoms with van der Waals surface area (Å²) in [5.74, 6) is -1.06. The Balaban J connectivity index is 1.83. The van der Waals surface area contributed by atoms with Gasteiger partial charge in [-0.25, -0.2) is 13.6 Å². The van der Waals surface area contributed by atoms with Gasteiger partial charge in [0.1, 0.15) is 10.7 Å². The molecule has 3 aliphatic rings. The van der Waals surface area contributed by atoms with E-state index in [1.165, 1.54) is 12.2 Å². The normalized spacial score (nSPS) is 32.8. The number of piperidine rings is 1. The van der Waals surface area contributed by atoms with Gasteiger partial charge in [0, 0.05) is 13.1 Å². The molecular formula is C17H24F3N3O3S. The Labute approximate surface area is 156 Å². The first-order chi connectivity index (χ1) is 12.6. The number of sulfonamides is 1. The van der Waals surface area contributed by atoms with Gasteiger partial charge in [0.2, 0.25) is 15.9 Å². The van der Waals surface area contributed by atoms with Crippen LogP contribution >= 0.6 is 0 Å². The lowest BCUT2D eigenvalue weighted by atomic mass is 9.66. The molecule has 0 aromatic carbocycles. The maximum Gasteiger partial charge on any atom is 0.399 e. The van der Waals surface area contributed by atoms with Crippen LogP contribution in [0.1, 0.15) is 25.7 Å². The number of allylic oxidation sites excluding steroid dienone is 3. The van der Waals surface area contributed by atoms with Crippen molar-refractivity contribution < 1.29 is 26.4 Å². The highest BCUT2D eigenvalue weighted by Gasteiger charge is 2.64. The molecule has 3 atom stereocenters. The van der Waals surface area contributed by atoms with Gasteiger partial charge in [-0.15, -0.1) is 0 Å². The van der Waals surface area contributed by atoms with Crippen molar-refractivity contribution in [3.8, 4) is 0 Å². The minimum absolute atomic E-state index is 0.0716. The number of rotatable bonds is 3. The molecule has 0 bridgehead atoms. The third-order valence-corrected chi connectivity index (χ3v) is 7.18. The Morgan fingerprint density at radius 3 is 2.37 bits per heavy atom. The molecule has 2 unspecified atom stereocenters. The van der Waals surface area contributed by atoms with Crippen molar-refractivity contribution >= 4 is 15.9 Å². The van der Waals surface area contributed by atoms with E-state index in [9.17, 15) is 26.4 Å². The molecule has 0 saturated carbocycles. The van der Waals surface area contributed by atoms with Crippen molar-refractivity contribution in [2.24, 2.45) is 16.5 Å². The number of alkyl halides is 3. The van der Waals surface area contributed by atoms with Crippen LogP contribution in [-0.2, 0) is 14.8 Å². The molecule has 27 heavy (non-hydrogen) atoms. The molecule has 1 aliphatic carbocycles. The number of hydrogen-bond donors (Lipinski definition) is 2. The van der Waals surface area contributed by atoms with Crippen LogP contribution in [0.15, 0.2) is 24.3 Å². The second-order valence-electron chi connectivity index (χ2n) is 7.43. The number of carbonyl (C=O) groups is 1. The number of primary sulfonamides is 1. The molecule has 10 heteroatoms. The van der Waals surface area contributed by atoms with Crippen molar-refractivity contribution in [2.75, 3.05) is 19.6 Å². The zero-order valence-electron chi connectivity index (χ0n) is 14.8. The third kappa shape index (κ3) is 3.66. The van der Waals surface area contributed by atoms with Crippen LogP contribution in [0.3, 0.4) is 0 Å². The van der Waals surface area contributed by atoms with Crippen molar-refractivity contribution in [3.63, 3.8) is 0 Å². The smallest absolute Gasteiger partial charge is 0.341 e. The number of nitrogens with two attached hydrogens (primary N) is 1. The summed E-state index contributed by atoms with van der Waals surface area (Å²) in [6.45, 7) is 1.11. The minimum Gasteiger partial charge on any atom is -0.341 e. The highest BCUT2D eigenvalue weighted by Crippen LogP contribution is 2.54. The molecule has 0 spiro atoms. The lowest BCUT2D eigenvalue weighted by Crippen LogP contribution is -2.58. The van der Waals surface area contributed by atoms with Gasteiger partial charge >= 0.3 is 6.18 Å². The molecule has 2 heterocycles. The lowest BCUT2D eigenvalue weighted by molar-refractivity contribution is -0.225. The fourth-order valence-corrected chi connectivity index (χ4v) is 5.82. The Morgan fingerprint density at radius 2 is 1.85 bits per heavy atom. The van der Waals surface area contributed by atoms with Gasteiger partial charge in [-0.2, -0.15) is 13.2 Å². The standard InChI is InChI=1S/C17H24F3N3O3S/c18-17(19,20)16(8-2-1-5-14(16)27(21,25)26)12-6-10-23(11-7-12)15(24)13-4-3-9-22-13/h1-2,5,8,12-14,22H,3-4,6-7,9-11H2,(H2,21,25,26)/t13-,14?,16?/m0/s1. The molecule has 1 amide bonds. The largest absolute Gasteiger partial charge is 0.399 e. The van der Waals surface area contributed by atoms with E-state index < -0.39 is 32.8 Å². The maximum atomic E-state index is 14.2. The zero-order valence-corrected chi connectivity index (χ0v) is 15.6. The molecule has 2 fully saturated rings. The van der Waals surface area contributed by atoms with E-state index in [0.29, 0.717) is 0 Å². The molecule has 3 N–H and O–H groups in total. The summed E-state index contributed by atoms with van der Waals surface area (Å²) in [4.78, 5) is 14.1. The Morgan fingerprint density at radius 1 is 1.19 bits per heavy atom. The Bertz CT molecular complexity index is 736. The summed E-state index contributed by atoms with van der Waals surface area (Å²) >= 11 is 0. The van der Waals surface area contributed by atoms with Crippen LogP contribution in [0.4, 0.5) is 13.2 Å². The molecule has 2 aliphatic heterocycles. The van der Waals surface area contributed by atoms with E-state index in [4.69, 9.17) is 5.14 Å². The van der Waals surface area contributed by atoms with Crippen LogP contribution in [0.25, 0.3) is 0 Å². The summed E-state index contributed by atoms with van der Waals surface area (Å²) in [7, 11) is -4.46. The van der Waals surface area contributed by atoms with Gasteiger partial charge in [0.15, 0.2) is 0 Å². The monoisotopic (exact) mass is 407 g/mol. The highest BCUT2D eigenvalue weighted by atomic mass is 32.2. The van der Waals surface area contributed by atoms with Crippen LogP contribution in [0, 0.1) is 11.3 Å². The topological polar surface area (TPSA) is 92.5 Å². The first-order valence-electron chi connectivity index (χ1n) is 9.04. The molecular weight excluding hydrogens is 383 g/mol. The predicted molar refractivity (Wildman–Crippen MR) is 94.0 cm³/mol. The van der Waals surface area contributed by atoms with Crippen molar-refractivity contribution in [1.29, 1.82) is 0 Å². The Kier molecular flexibility index (Phi) is 5.44.